The largest absolute Gasteiger partial charge is 0.338 e. The van der Waals surface area contributed by atoms with Gasteiger partial charge in [-0.3, -0.25) is 4.79 Å². The van der Waals surface area contributed by atoms with Gasteiger partial charge in [0.1, 0.15) is 0 Å². The summed E-state index contributed by atoms with van der Waals surface area (Å²) in [6.45, 7) is 0.546. The number of pyridine rings is 1. The van der Waals surface area contributed by atoms with Gasteiger partial charge in [-0.25, -0.2) is 22.5 Å². The average Bonchev–Trinajstić information content (AvgIpc) is 2.40. The van der Waals surface area contributed by atoms with Gasteiger partial charge in [0.25, 0.3) is 5.91 Å². The van der Waals surface area contributed by atoms with Crippen LogP contribution in [0.2, 0.25) is 0 Å². The number of carbonyl (C=O) groups is 1. The number of likely N-dealkylation sites (tertiary alicyclic amines) is 1. The lowest BCUT2D eigenvalue weighted by Crippen LogP contribution is -2.46. The number of hydrogen-bond acceptors (Lipinski definition) is 4. The molecule has 1 fully saturated rings. The number of rotatable bonds is 3. The minimum absolute atomic E-state index is 0.247. The molecule has 1 aliphatic heterocycles. The molecule has 0 radical (unpaired) electrons. The Morgan fingerprint density at radius 2 is 2.00 bits per heavy atom. The Labute approximate surface area is 121 Å². The molecular weight excluding hydrogens is 304 g/mol. The fourth-order valence-corrected chi connectivity index (χ4v) is 3.10. The van der Waals surface area contributed by atoms with Crippen molar-refractivity contribution in [2.75, 3.05) is 19.3 Å². The lowest BCUT2D eigenvalue weighted by atomic mass is 10.1. The number of piperidine rings is 1. The van der Waals surface area contributed by atoms with Crippen LogP contribution in [0.3, 0.4) is 0 Å². The van der Waals surface area contributed by atoms with Crippen molar-refractivity contribution in [3.8, 4) is 0 Å². The number of hydrogen-bond donors (Lipinski definition) is 1. The second-order valence-electron chi connectivity index (χ2n) is 4.92. The maximum absolute atomic E-state index is 13.5. The summed E-state index contributed by atoms with van der Waals surface area (Å²) < 4.78 is 51.3. The lowest BCUT2D eigenvalue weighted by Gasteiger charge is -2.32. The third-order valence-electron chi connectivity index (χ3n) is 3.24. The smallest absolute Gasteiger partial charge is 0.257 e. The highest BCUT2D eigenvalue weighted by Crippen LogP contribution is 2.17. The number of nitrogens with one attached hydrogen (secondary N) is 1. The predicted octanol–water partition coefficient (Wildman–Crippen LogP) is 0.514. The standard InChI is InChI=1S/C12H15F2N3O3S/c1-21(19,20)16-8-3-6-17(7-4-8)12(18)9-2-5-15-11(14)10(9)13/h2,5,8,16H,3-4,6-7H2,1H3. The summed E-state index contributed by atoms with van der Waals surface area (Å²) in [5.74, 6) is -3.19. The molecule has 0 unspecified atom stereocenters. The van der Waals surface area contributed by atoms with Crippen LogP contribution in [0.25, 0.3) is 0 Å². The molecule has 21 heavy (non-hydrogen) atoms. The molecule has 2 heterocycles. The summed E-state index contributed by atoms with van der Waals surface area (Å²) in [6, 6.07) is 0.879. The average molecular weight is 319 g/mol. The molecule has 0 aliphatic carbocycles. The quantitative estimate of drug-likeness (QED) is 0.824. The van der Waals surface area contributed by atoms with Crippen LogP contribution >= 0.6 is 0 Å². The van der Waals surface area contributed by atoms with Crippen LogP contribution in [-0.4, -0.2) is 49.6 Å². The third-order valence-corrected chi connectivity index (χ3v) is 4.00. The van der Waals surface area contributed by atoms with Gasteiger partial charge in [-0.2, -0.15) is 4.39 Å². The molecule has 1 aromatic rings. The fourth-order valence-electron chi connectivity index (χ4n) is 2.26. The van der Waals surface area contributed by atoms with E-state index in [1.807, 2.05) is 0 Å². The van der Waals surface area contributed by atoms with Gasteiger partial charge in [-0.1, -0.05) is 0 Å². The van der Waals surface area contributed by atoms with E-state index in [0.29, 0.717) is 12.8 Å². The molecule has 0 saturated carbocycles. The molecule has 1 N–H and O–H groups in total. The van der Waals surface area contributed by atoms with E-state index in [0.717, 1.165) is 18.5 Å². The van der Waals surface area contributed by atoms with Crippen LogP contribution in [0.4, 0.5) is 8.78 Å². The highest BCUT2D eigenvalue weighted by atomic mass is 32.2. The molecular formula is C12H15F2N3O3S. The Hall–Kier alpha value is -1.61. The van der Waals surface area contributed by atoms with E-state index in [1.54, 1.807) is 0 Å². The van der Waals surface area contributed by atoms with Crippen molar-refractivity contribution in [2.45, 2.75) is 18.9 Å². The third kappa shape index (κ3) is 3.94. The molecule has 0 aromatic carbocycles. The Bertz CT molecular complexity index is 643. The van der Waals surface area contributed by atoms with Gasteiger partial charge in [0.05, 0.1) is 11.8 Å². The van der Waals surface area contributed by atoms with Crippen molar-refractivity contribution in [1.29, 1.82) is 0 Å². The summed E-state index contributed by atoms with van der Waals surface area (Å²) in [6.07, 6.45) is 2.95. The Kier molecular flexibility index (Phi) is 4.52. The lowest BCUT2D eigenvalue weighted by molar-refractivity contribution is 0.0705. The molecule has 9 heteroatoms. The van der Waals surface area contributed by atoms with E-state index in [-0.39, 0.29) is 24.7 Å². The molecule has 0 bridgehead atoms. The van der Waals surface area contributed by atoms with Crippen molar-refractivity contribution in [1.82, 2.24) is 14.6 Å². The summed E-state index contributed by atoms with van der Waals surface area (Å²) in [5, 5.41) is 0. The summed E-state index contributed by atoms with van der Waals surface area (Å²) in [4.78, 5) is 16.6. The van der Waals surface area contributed by atoms with Crippen molar-refractivity contribution in [3.05, 3.63) is 29.6 Å². The first-order chi connectivity index (χ1) is 9.78. The van der Waals surface area contributed by atoms with Crippen LogP contribution < -0.4 is 4.72 Å². The number of halogens is 2. The first-order valence-corrected chi connectivity index (χ1v) is 8.23. The van der Waals surface area contributed by atoms with Crippen LogP contribution in [0.15, 0.2) is 12.3 Å². The minimum Gasteiger partial charge on any atom is -0.338 e. The van der Waals surface area contributed by atoms with Gasteiger partial charge < -0.3 is 4.90 Å². The van der Waals surface area contributed by atoms with E-state index >= 15 is 0 Å². The normalized spacial score (nSPS) is 17.0. The van der Waals surface area contributed by atoms with Gasteiger partial charge in [0.15, 0.2) is 5.82 Å². The predicted molar refractivity (Wildman–Crippen MR) is 71.1 cm³/mol. The number of nitrogens with zero attached hydrogens (tertiary/aromatic N) is 2. The topological polar surface area (TPSA) is 79.4 Å². The van der Waals surface area contributed by atoms with Crippen LogP contribution in [0.5, 0.6) is 0 Å². The summed E-state index contributed by atoms with van der Waals surface area (Å²) in [7, 11) is -3.30. The van der Waals surface area contributed by atoms with Crippen molar-refractivity contribution < 1.29 is 22.0 Å². The van der Waals surface area contributed by atoms with Crippen molar-refractivity contribution >= 4 is 15.9 Å². The van der Waals surface area contributed by atoms with Gasteiger partial charge >= 0.3 is 0 Å². The zero-order valence-corrected chi connectivity index (χ0v) is 12.2. The second kappa shape index (κ2) is 6.02. The molecule has 2 rings (SSSR count). The summed E-state index contributed by atoms with van der Waals surface area (Å²) >= 11 is 0. The first-order valence-electron chi connectivity index (χ1n) is 6.34. The number of aromatic nitrogens is 1. The molecule has 0 spiro atoms. The van der Waals surface area contributed by atoms with Gasteiger partial charge in [-0.05, 0) is 18.9 Å². The maximum Gasteiger partial charge on any atom is 0.257 e. The van der Waals surface area contributed by atoms with E-state index in [9.17, 15) is 22.0 Å². The van der Waals surface area contributed by atoms with E-state index in [1.165, 1.54) is 4.90 Å². The fraction of sp³-hybridized carbons (Fsp3) is 0.500. The van der Waals surface area contributed by atoms with Crippen LogP contribution in [0, 0.1) is 11.8 Å². The van der Waals surface area contributed by atoms with Gasteiger partial charge in [0, 0.05) is 25.3 Å². The molecule has 0 atom stereocenters. The Morgan fingerprint density at radius 1 is 1.38 bits per heavy atom. The highest BCUT2D eigenvalue weighted by Gasteiger charge is 2.27. The van der Waals surface area contributed by atoms with Crippen LogP contribution in [-0.2, 0) is 10.0 Å². The van der Waals surface area contributed by atoms with Crippen molar-refractivity contribution in [2.24, 2.45) is 0 Å². The molecule has 1 aromatic heterocycles. The maximum atomic E-state index is 13.5. The highest BCUT2D eigenvalue weighted by molar-refractivity contribution is 7.88. The zero-order valence-electron chi connectivity index (χ0n) is 11.3. The molecule has 116 valence electrons. The minimum atomic E-state index is -3.30. The zero-order chi connectivity index (χ0) is 15.6. The SMILES string of the molecule is CS(=O)(=O)NC1CCN(C(=O)c2ccnc(F)c2F)CC1. The molecule has 1 saturated heterocycles. The van der Waals surface area contributed by atoms with Gasteiger partial charge in [0.2, 0.25) is 16.0 Å². The molecule has 1 aliphatic rings. The molecule has 1 amide bonds. The van der Waals surface area contributed by atoms with Crippen LogP contribution in [0.1, 0.15) is 23.2 Å². The van der Waals surface area contributed by atoms with E-state index in [2.05, 4.69) is 9.71 Å². The first kappa shape index (κ1) is 15.8. The van der Waals surface area contributed by atoms with Crippen molar-refractivity contribution in [3.63, 3.8) is 0 Å². The Balaban J connectivity index is 2.02. The number of sulfonamides is 1. The Morgan fingerprint density at radius 3 is 2.57 bits per heavy atom. The monoisotopic (exact) mass is 319 g/mol. The molecule has 6 nitrogen and oxygen atoms in total. The van der Waals surface area contributed by atoms with E-state index < -0.39 is 27.7 Å². The van der Waals surface area contributed by atoms with Gasteiger partial charge in [-0.15, -0.1) is 0 Å². The second-order valence-corrected chi connectivity index (χ2v) is 6.70. The summed E-state index contributed by atoms with van der Waals surface area (Å²) in [5.41, 5.74) is -0.364. The number of carbonyl (C=O) groups excluding carboxylic acids is 1. The van der Waals surface area contributed by atoms with E-state index in [4.69, 9.17) is 0 Å². The number of amides is 1.